The Bertz CT molecular complexity index is 924. The van der Waals surface area contributed by atoms with Gasteiger partial charge in [-0.05, 0) is 57.8 Å². The van der Waals surface area contributed by atoms with Gasteiger partial charge < -0.3 is 20.3 Å². The van der Waals surface area contributed by atoms with E-state index in [-0.39, 0.29) is 18.5 Å². The highest BCUT2D eigenvalue weighted by Crippen LogP contribution is 2.17. The molecule has 2 atom stereocenters. The molecule has 0 bridgehead atoms. The maximum Gasteiger partial charge on any atom is 0.305 e. The van der Waals surface area contributed by atoms with Crippen LogP contribution < -0.4 is 5.32 Å². The van der Waals surface area contributed by atoms with E-state index in [4.69, 9.17) is 4.74 Å². The molecule has 6 nitrogen and oxygen atoms in total. The maximum atomic E-state index is 12.5. The molecule has 0 aliphatic rings. The summed E-state index contributed by atoms with van der Waals surface area (Å²) in [6.07, 6.45) is 60.5. The molecule has 0 aromatic heterocycles. The number of hydrogen-bond acceptors (Lipinski definition) is 5. The van der Waals surface area contributed by atoms with Gasteiger partial charge in [-0.1, -0.05) is 251 Å². The van der Waals surface area contributed by atoms with Crippen molar-refractivity contribution >= 4 is 11.9 Å². The molecular formula is C56H109NO5. The van der Waals surface area contributed by atoms with Gasteiger partial charge in [-0.25, -0.2) is 0 Å². The third-order valence-electron chi connectivity index (χ3n) is 13.1. The first-order valence-corrected chi connectivity index (χ1v) is 27.9. The van der Waals surface area contributed by atoms with Gasteiger partial charge in [0.1, 0.15) is 0 Å². The lowest BCUT2D eigenvalue weighted by Crippen LogP contribution is -2.45. The van der Waals surface area contributed by atoms with Gasteiger partial charge >= 0.3 is 5.97 Å². The first-order chi connectivity index (χ1) is 30.5. The predicted molar refractivity (Wildman–Crippen MR) is 269 cm³/mol. The van der Waals surface area contributed by atoms with Crippen LogP contribution in [0.4, 0.5) is 0 Å². The topological polar surface area (TPSA) is 95.9 Å². The van der Waals surface area contributed by atoms with Crippen LogP contribution >= 0.6 is 0 Å². The number of aliphatic hydroxyl groups is 2. The highest BCUT2D eigenvalue weighted by Gasteiger charge is 2.20. The molecule has 2 unspecified atom stereocenters. The van der Waals surface area contributed by atoms with Gasteiger partial charge in [-0.15, -0.1) is 0 Å². The first-order valence-electron chi connectivity index (χ1n) is 27.9. The van der Waals surface area contributed by atoms with E-state index in [0.29, 0.717) is 25.9 Å². The molecule has 0 aromatic rings. The highest BCUT2D eigenvalue weighted by atomic mass is 16.5. The molecule has 62 heavy (non-hydrogen) atoms. The molecule has 0 saturated carbocycles. The molecule has 0 heterocycles. The number of allylic oxidation sites excluding steroid dienone is 2. The summed E-state index contributed by atoms with van der Waals surface area (Å²) in [5, 5.41) is 23.2. The molecule has 0 aliphatic heterocycles. The average molecular weight is 876 g/mol. The van der Waals surface area contributed by atoms with Crippen LogP contribution in [0.5, 0.6) is 0 Å². The number of aliphatic hydroxyl groups excluding tert-OH is 2. The standard InChI is InChI=1S/C56H109NO5/c1-3-5-7-9-11-13-15-17-19-20-21-23-25-30-34-38-42-46-50-56(61)62-51-47-43-39-35-31-27-26-29-33-37-41-45-49-55(60)57-53(52-58)54(59)48-44-40-36-32-28-24-22-18-16-14-12-10-8-6-4-2/h27,31,53-54,58-59H,3-26,28-30,32-52H2,1-2H3,(H,57,60)/b31-27-. The fourth-order valence-corrected chi connectivity index (χ4v) is 8.75. The van der Waals surface area contributed by atoms with Gasteiger partial charge in [0.2, 0.25) is 5.91 Å². The monoisotopic (exact) mass is 876 g/mol. The second-order valence-electron chi connectivity index (χ2n) is 19.3. The van der Waals surface area contributed by atoms with E-state index in [2.05, 4.69) is 31.3 Å². The normalized spacial score (nSPS) is 12.6. The van der Waals surface area contributed by atoms with Crippen molar-refractivity contribution in [3.05, 3.63) is 12.2 Å². The molecule has 0 aromatic carbocycles. The Kier molecular flexibility index (Phi) is 51.0. The molecule has 0 radical (unpaired) electrons. The van der Waals surface area contributed by atoms with Gasteiger partial charge in [-0.3, -0.25) is 9.59 Å². The summed E-state index contributed by atoms with van der Waals surface area (Å²) in [6.45, 7) is 4.91. The molecule has 0 aliphatic carbocycles. The van der Waals surface area contributed by atoms with Crippen LogP contribution in [0.25, 0.3) is 0 Å². The van der Waals surface area contributed by atoms with Crippen molar-refractivity contribution in [1.82, 2.24) is 5.32 Å². The number of carbonyl (C=O) groups is 2. The Morgan fingerprint density at radius 2 is 0.758 bits per heavy atom. The fraction of sp³-hybridized carbons (Fsp3) is 0.929. The van der Waals surface area contributed by atoms with Crippen LogP contribution in [0.3, 0.4) is 0 Å². The summed E-state index contributed by atoms with van der Waals surface area (Å²) < 4.78 is 5.46. The molecule has 0 fully saturated rings. The summed E-state index contributed by atoms with van der Waals surface area (Å²) in [4.78, 5) is 24.5. The molecule has 0 rings (SSSR count). The number of nitrogens with one attached hydrogen (secondary N) is 1. The number of ether oxygens (including phenoxy) is 1. The van der Waals surface area contributed by atoms with Gasteiger partial charge in [-0.2, -0.15) is 0 Å². The third-order valence-corrected chi connectivity index (χ3v) is 13.1. The SMILES string of the molecule is CCCCCCCCCCCCCCCCCCCCC(=O)OCCCCC/C=C\CCCCCCCC(=O)NC(CO)C(O)CCCCCCCCCCCCCCCCC. The van der Waals surface area contributed by atoms with E-state index >= 15 is 0 Å². The molecule has 6 heteroatoms. The quantitative estimate of drug-likeness (QED) is 0.0321. The number of rotatable bonds is 52. The van der Waals surface area contributed by atoms with Crippen LogP contribution in [0.1, 0.15) is 309 Å². The van der Waals surface area contributed by atoms with Crippen LogP contribution in [0.2, 0.25) is 0 Å². The van der Waals surface area contributed by atoms with E-state index in [0.717, 1.165) is 77.0 Å². The van der Waals surface area contributed by atoms with Crippen molar-refractivity contribution in [1.29, 1.82) is 0 Å². The van der Waals surface area contributed by atoms with Gasteiger partial charge in [0, 0.05) is 12.8 Å². The van der Waals surface area contributed by atoms with Crippen molar-refractivity contribution in [2.45, 2.75) is 321 Å². The molecule has 368 valence electrons. The second-order valence-corrected chi connectivity index (χ2v) is 19.3. The Morgan fingerprint density at radius 3 is 1.15 bits per heavy atom. The van der Waals surface area contributed by atoms with Crippen LogP contribution in [-0.2, 0) is 14.3 Å². The predicted octanol–water partition coefficient (Wildman–Crippen LogP) is 16.9. The number of unbranched alkanes of at least 4 members (excludes halogenated alkanes) is 39. The third kappa shape index (κ3) is 48.1. The summed E-state index contributed by atoms with van der Waals surface area (Å²) in [7, 11) is 0. The zero-order valence-electron chi connectivity index (χ0n) is 41.9. The van der Waals surface area contributed by atoms with Crippen molar-refractivity contribution in [3.8, 4) is 0 Å². The smallest absolute Gasteiger partial charge is 0.305 e. The molecule has 1 amide bonds. The summed E-state index contributed by atoms with van der Waals surface area (Å²) >= 11 is 0. The molecular weight excluding hydrogens is 767 g/mol. The van der Waals surface area contributed by atoms with Crippen LogP contribution in [-0.4, -0.2) is 47.4 Å². The van der Waals surface area contributed by atoms with Gasteiger partial charge in [0.15, 0.2) is 0 Å². The number of esters is 1. The average Bonchev–Trinajstić information content (AvgIpc) is 3.27. The first kappa shape index (κ1) is 60.6. The zero-order valence-corrected chi connectivity index (χ0v) is 41.9. The molecule has 0 saturated heterocycles. The minimum atomic E-state index is -0.679. The zero-order chi connectivity index (χ0) is 45.1. The molecule has 0 spiro atoms. The van der Waals surface area contributed by atoms with E-state index in [1.165, 1.54) is 199 Å². The minimum Gasteiger partial charge on any atom is -0.466 e. The summed E-state index contributed by atoms with van der Waals surface area (Å²) in [6, 6.07) is -0.559. The Hall–Kier alpha value is -1.40. The van der Waals surface area contributed by atoms with Crippen molar-refractivity contribution in [3.63, 3.8) is 0 Å². The van der Waals surface area contributed by atoms with E-state index in [1.807, 2.05) is 0 Å². The Balaban J connectivity index is 3.47. The van der Waals surface area contributed by atoms with E-state index in [1.54, 1.807) is 0 Å². The summed E-state index contributed by atoms with van der Waals surface area (Å²) in [5.41, 5.74) is 0. The second kappa shape index (κ2) is 52.2. The Morgan fingerprint density at radius 1 is 0.435 bits per heavy atom. The number of hydrogen-bond donors (Lipinski definition) is 3. The van der Waals surface area contributed by atoms with Crippen molar-refractivity contribution in [2.75, 3.05) is 13.2 Å². The lowest BCUT2D eigenvalue weighted by molar-refractivity contribution is -0.143. The van der Waals surface area contributed by atoms with Gasteiger partial charge in [0.05, 0.1) is 25.4 Å². The largest absolute Gasteiger partial charge is 0.466 e. The number of carbonyl (C=O) groups excluding carboxylic acids is 2. The maximum absolute atomic E-state index is 12.5. The summed E-state index contributed by atoms with van der Waals surface area (Å²) in [5.74, 6) is -0.0766. The van der Waals surface area contributed by atoms with E-state index < -0.39 is 12.1 Å². The molecule has 3 N–H and O–H groups in total. The fourth-order valence-electron chi connectivity index (χ4n) is 8.75. The van der Waals surface area contributed by atoms with Gasteiger partial charge in [0.25, 0.3) is 0 Å². The minimum absolute atomic E-state index is 0.0178. The van der Waals surface area contributed by atoms with Crippen LogP contribution in [0.15, 0.2) is 12.2 Å². The lowest BCUT2D eigenvalue weighted by Gasteiger charge is -2.22. The number of amides is 1. The van der Waals surface area contributed by atoms with Crippen molar-refractivity contribution < 1.29 is 24.5 Å². The highest BCUT2D eigenvalue weighted by molar-refractivity contribution is 5.76. The lowest BCUT2D eigenvalue weighted by atomic mass is 10.0. The van der Waals surface area contributed by atoms with Crippen LogP contribution in [0, 0.1) is 0 Å². The van der Waals surface area contributed by atoms with E-state index in [9.17, 15) is 19.8 Å². The Labute approximate surface area is 387 Å². The van der Waals surface area contributed by atoms with Crippen molar-refractivity contribution in [2.24, 2.45) is 0 Å².